The fourth-order valence-corrected chi connectivity index (χ4v) is 2.61. The molecule has 0 saturated carbocycles. The summed E-state index contributed by atoms with van der Waals surface area (Å²) in [7, 11) is -2.87. The van der Waals surface area contributed by atoms with E-state index >= 15 is 0 Å². The molecule has 1 aromatic rings. The number of benzene rings is 1. The van der Waals surface area contributed by atoms with Crippen molar-refractivity contribution in [2.45, 2.75) is 17.5 Å². The molecule has 0 aliphatic rings. The maximum atomic E-state index is 12.1. The smallest absolute Gasteiger partial charge is 0.384 e. The standard InChI is InChI=1S/C13H14F3NO3S/c1-17(9-8-13(14,15)16)21(19,20)12-6-4-11(5-7-12)3-2-10-18/h4-7,18H,8-10H2,1H3. The Balaban J connectivity index is 2.87. The summed E-state index contributed by atoms with van der Waals surface area (Å²) in [6, 6.07) is 5.38. The number of alkyl halides is 3. The molecule has 116 valence electrons. The van der Waals surface area contributed by atoms with Gasteiger partial charge in [0.25, 0.3) is 0 Å². The zero-order valence-electron chi connectivity index (χ0n) is 11.2. The van der Waals surface area contributed by atoms with Gasteiger partial charge in [-0.15, -0.1) is 0 Å². The van der Waals surface area contributed by atoms with Gasteiger partial charge in [-0.05, 0) is 24.3 Å². The molecule has 1 N–H and O–H groups in total. The first kappa shape index (κ1) is 17.5. The van der Waals surface area contributed by atoms with E-state index in [9.17, 15) is 21.6 Å². The molecule has 1 rings (SSSR count). The summed E-state index contributed by atoms with van der Waals surface area (Å²) in [5, 5.41) is 8.54. The van der Waals surface area contributed by atoms with Crippen molar-refractivity contribution in [1.82, 2.24) is 4.31 Å². The minimum atomic E-state index is -4.41. The molecule has 0 radical (unpaired) electrons. The molecule has 1 aromatic carbocycles. The van der Waals surface area contributed by atoms with Crippen LogP contribution < -0.4 is 0 Å². The highest BCUT2D eigenvalue weighted by molar-refractivity contribution is 7.89. The van der Waals surface area contributed by atoms with Crippen molar-refractivity contribution in [2.24, 2.45) is 0 Å². The van der Waals surface area contributed by atoms with Crippen molar-refractivity contribution < 1.29 is 26.7 Å². The van der Waals surface area contributed by atoms with Crippen molar-refractivity contribution in [2.75, 3.05) is 20.2 Å². The molecule has 21 heavy (non-hydrogen) atoms. The van der Waals surface area contributed by atoms with E-state index in [1.165, 1.54) is 24.3 Å². The quantitative estimate of drug-likeness (QED) is 0.857. The van der Waals surface area contributed by atoms with E-state index in [-0.39, 0.29) is 11.5 Å². The number of hydrogen-bond donors (Lipinski definition) is 1. The van der Waals surface area contributed by atoms with Gasteiger partial charge in [-0.1, -0.05) is 11.8 Å². The van der Waals surface area contributed by atoms with E-state index in [4.69, 9.17) is 5.11 Å². The van der Waals surface area contributed by atoms with E-state index < -0.39 is 29.2 Å². The first-order chi connectivity index (χ1) is 9.66. The van der Waals surface area contributed by atoms with Crippen LogP contribution in [0.15, 0.2) is 29.2 Å². The normalized spacial score (nSPS) is 12.1. The third-order valence-corrected chi connectivity index (χ3v) is 4.46. The van der Waals surface area contributed by atoms with Crippen LogP contribution in [0.5, 0.6) is 0 Å². The third kappa shape index (κ3) is 5.38. The van der Waals surface area contributed by atoms with Gasteiger partial charge in [0.1, 0.15) is 6.61 Å². The van der Waals surface area contributed by atoms with E-state index in [1.807, 2.05) is 0 Å². The highest BCUT2D eigenvalue weighted by Crippen LogP contribution is 2.22. The summed E-state index contributed by atoms with van der Waals surface area (Å²) < 4.78 is 61.1. The maximum absolute atomic E-state index is 12.1. The van der Waals surface area contributed by atoms with Crippen molar-refractivity contribution in [1.29, 1.82) is 0 Å². The molecule has 0 aromatic heterocycles. The minimum absolute atomic E-state index is 0.110. The van der Waals surface area contributed by atoms with Crippen LogP contribution in [0.4, 0.5) is 13.2 Å². The number of hydrogen-bond acceptors (Lipinski definition) is 3. The Bertz CT molecular complexity index is 627. The molecule has 0 aliphatic heterocycles. The molecule has 0 fully saturated rings. The van der Waals surface area contributed by atoms with E-state index in [0.29, 0.717) is 9.87 Å². The molecular formula is C13H14F3NO3S. The van der Waals surface area contributed by atoms with Gasteiger partial charge in [-0.3, -0.25) is 0 Å². The summed E-state index contributed by atoms with van der Waals surface area (Å²) in [4.78, 5) is -0.110. The van der Waals surface area contributed by atoms with Gasteiger partial charge in [0, 0.05) is 19.2 Å². The van der Waals surface area contributed by atoms with Gasteiger partial charge in [-0.2, -0.15) is 13.2 Å². The Morgan fingerprint density at radius 2 is 1.81 bits per heavy atom. The first-order valence-electron chi connectivity index (χ1n) is 5.90. The monoisotopic (exact) mass is 321 g/mol. The lowest BCUT2D eigenvalue weighted by Crippen LogP contribution is -2.30. The topological polar surface area (TPSA) is 57.6 Å². The lowest BCUT2D eigenvalue weighted by atomic mass is 10.2. The van der Waals surface area contributed by atoms with Crippen molar-refractivity contribution in [3.63, 3.8) is 0 Å². The van der Waals surface area contributed by atoms with Gasteiger partial charge in [0.2, 0.25) is 10.0 Å². The lowest BCUT2D eigenvalue weighted by molar-refractivity contribution is -0.135. The number of aliphatic hydroxyl groups is 1. The van der Waals surface area contributed by atoms with Gasteiger partial charge < -0.3 is 5.11 Å². The van der Waals surface area contributed by atoms with Gasteiger partial charge >= 0.3 is 6.18 Å². The summed E-state index contributed by atoms with van der Waals surface area (Å²) in [5.74, 6) is 4.99. The van der Waals surface area contributed by atoms with Crippen LogP contribution >= 0.6 is 0 Å². The molecular weight excluding hydrogens is 307 g/mol. The predicted molar refractivity (Wildman–Crippen MR) is 70.9 cm³/mol. The van der Waals surface area contributed by atoms with Crippen LogP contribution in [0.1, 0.15) is 12.0 Å². The second-order valence-corrected chi connectivity index (χ2v) is 6.22. The van der Waals surface area contributed by atoms with Crippen LogP contribution in [0.3, 0.4) is 0 Å². The van der Waals surface area contributed by atoms with E-state index in [0.717, 1.165) is 7.05 Å². The number of halogens is 3. The first-order valence-corrected chi connectivity index (χ1v) is 7.34. The maximum Gasteiger partial charge on any atom is 0.390 e. The zero-order valence-corrected chi connectivity index (χ0v) is 12.0. The Morgan fingerprint density at radius 3 is 2.29 bits per heavy atom. The molecule has 0 spiro atoms. The highest BCUT2D eigenvalue weighted by atomic mass is 32.2. The number of sulfonamides is 1. The number of rotatable bonds is 4. The van der Waals surface area contributed by atoms with Crippen LogP contribution in [0.25, 0.3) is 0 Å². The predicted octanol–water partition coefficient (Wildman–Crippen LogP) is 1.60. The average Bonchev–Trinajstić information content (AvgIpc) is 2.42. The van der Waals surface area contributed by atoms with Crippen LogP contribution in [-0.2, 0) is 10.0 Å². The Kier molecular flexibility index (Phi) is 5.78. The molecule has 0 amide bonds. The molecule has 0 bridgehead atoms. The largest absolute Gasteiger partial charge is 0.390 e. The van der Waals surface area contributed by atoms with Crippen LogP contribution in [-0.4, -0.2) is 44.2 Å². The molecule has 0 aliphatic carbocycles. The SMILES string of the molecule is CN(CCC(F)(F)F)S(=O)(=O)c1ccc(C#CCO)cc1. The summed E-state index contributed by atoms with van der Waals surface area (Å²) in [6.07, 6.45) is -5.61. The molecule has 0 saturated heterocycles. The minimum Gasteiger partial charge on any atom is -0.384 e. The highest BCUT2D eigenvalue weighted by Gasteiger charge is 2.30. The number of aliphatic hydroxyl groups excluding tert-OH is 1. The Hall–Kier alpha value is -1.56. The summed E-state index contributed by atoms with van der Waals surface area (Å²) in [5.41, 5.74) is 0.501. The third-order valence-electron chi connectivity index (χ3n) is 2.58. The summed E-state index contributed by atoms with van der Waals surface area (Å²) in [6.45, 7) is -0.960. The van der Waals surface area contributed by atoms with Crippen molar-refractivity contribution in [3.05, 3.63) is 29.8 Å². The van der Waals surface area contributed by atoms with Crippen LogP contribution in [0, 0.1) is 11.8 Å². The average molecular weight is 321 g/mol. The van der Waals surface area contributed by atoms with Gasteiger partial charge in [-0.25, -0.2) is 12.7 Å². The number of nitrogens with zero attached hydrogens (tertiary/aromatic N) is 1. The fourth-order valence-electron chi connectivity index (χ4n) is 1.44. The summed E-state index contributed by atoms with van der Waals surface area (Å²) >= 11 is 0. The Morgan fingerprint density at radius 1 is 1.24 bits per heavy atom. The molecule has 4 nitrogen and oxygen atoms in total. The van der Waals surface area contributed by atoms with Crippen LogP contribution in [0.2, 0.25) is 0 Å². The second kappa shape index (κ2) is 6.93. The molecule has 0 heterocycles. The van der Waals surface area contributed by atoms with E-state index in [2.05, 4.69) is 11.8 Å². The van der Waals surface area contributed by atoms with Crippen molar-refractivity contribution in [3.8, 4) is 11.8 Å². The van der Waals surface area contributed by atoms with Gasteiger partial charge in [0.05, 0.1) is 11.3 Å². The van der Waals surface area contributed by atoms with Gasteiger partial charge in [0.15, 0.2) is 0 Å². The lowest BCUT2D eigenvalue weighted by Gasteiger charge is -2.18. The second-order valence-electron chi connectivity index (χ2n) is 4.18. The fraction of sp³-hybridized carbons (Fsp3) is 0.385. The molecule has 0 unspecified atom stereocenters. The molecule has 0 atom stereocenters. The van der Waals surface area contributed by atoms with Crippen molar-refractivity contribution >= 4 is 10.0 Å². The molecule has 8 heteroatoms. The van der Waals surface area contributed by atoms with E-state index in [1.54, 1.807) is 0 Å². The zero-order chi connectivity index (χ0) is 16.1. The Labute approximate surface area is 121 Å².